The summed E-state index contributed by atoms with van der Waals surface area (Å²) in [5, 5.41) is 5.33. The molecule has 0 amide bonds. The van der Waals surface area contributed by atoms with E-state index in [1.807, 2.05) is 20.8 Å². The van der Waals surface area contributed by atoms with Crippen LogP contribution in [0.4, 0.5) is 8.78 Å². The molecule has 0 fully saturated rings. The quantitative estimate of drug-likeness (QED) is 0.680. The predicted molar refractivity (Wildman–Crippen MR) is 47.3 cm³/mol. The van der Waals surface area contributed by atoms with Gasteiger partial charge in [-0.1, -0.05) is 0 Å². The second-order valence-corrected chi connectivity index (χ2v) is 3.78. The number of hydrazine groups is 1. The van der Waals surface area contributed by atoms with E-state index in [2.05, 4.69) is 10.5 Å². The average molecular weight is 189 g/mol. The Morgan fingerprint density at radius 1 is 1.46 bits per heavy atom. The molecule has 5 heteroatoms. The molecule has 1 aliphatic heterocycles. The van der Waals surface area contributed by atoms with Crippen molar-refractivity contribution >= 4 is 6.21 Å². The first-order valence-corrected chi connectivity index (χ1v) is 4.00. The molecule has 0 saturated carbocycles. The molecule has 1 N–H and O–H groups in total. The van der Waals surface area contributed by atoms with Gasteiger partial charge in [0.25, 0.3) is 6.43 Å². The van der Waals surface area contributed by atoms with Gasteiger partial charge in [-0.05, 0) is 26.8 Å². The Balaban J connectivity index is 2.70. The van der Waals surface area contributed by atoms with Gasteiger partial charge in [0.05, 0.1) is 11.8 Å². The van der Waals surface area contributed by atoms with Crippen LogP contribution in [-0.2, 0) is 0 Å². The highest BCUT2D eigenvalue weighted by atomic mass is 19.3. The van der Waals surface area contributed by atoms with Gasteiger partial charge in [-0.3, -0.25) is 5.43 Å². The van der Waals surface area contributed by atoms with Crippen molar-refractivity contribution < 1.29 is 8.78 Å². The lowest BCUT2D eigenvalue weighted by Crippen LogP contribution is -2.48. The highest BCUT2D eigenvalue weighted by Crippen LogP contribution is 2.16. The van der Waals surface area contributed by atoms with Crippen LogP contribution < -0.4 is 5.43 Å². The molecule has 1 rings (SSSR count). The van der Waals surface area contributed by atoms with Gasteiger partial charge in [-0.2, -0.15) is 5.10 Å². The Hall–Kier alpha value is -1.13. The lowest BCUT2D eigenvalue weighted by atomic mass is 10.1. The second-order valence-electron chi connectivity index (χ2n) is 3.78. The van der Waals surface area contributed by atoms with Gasteiger partial charge in [0, 0.05) is 0 Å². The molecule has 1 aliphatic rings. The molecule has 74 valence electrons. The average Bonchev–Trinajstić information content (AvgIpc) is 2.03. The molecule has 3 nitrogen and oxygen atoms in total. The number of hydrogen-bond donors (Lipinski definition) is 1. The third-order valence-electron chi connectivity index (χ3n) is 1.54. The summed E-state index contributed by atoms with van der Waals surface area (Å²) in [5.74, 6) is 0. The Bertz CT molecular complexity index is 240. The van der Waals surface area contributed by atoms with Crippen molar-refractivity contribution in [1.29, 1.82) is 0 Å². The zero-order chi connectivity index (χ0) is 10.1. The van der Waals surface area contributed by atoms with E-state index in [9.17, 15) is 8.78 Å². The van der Waals surface area contributed by atoms with E-state index in [1.54, 1.807) is 0 Å². The van der Waals surface area contributed by atoms with E-state index in [-0.39, 0.29) is 11.2 Å². The van der Waals surface area contributed by atoms with Gasteiger partial charge in [0.2, 0.25) is 0 Å². The minimum atomic E-state index is -2.49. The van der Waals surface area contributed by atoms with E-state index >= 15 is 0 Å². The number of nitrogens with one attached hydrogen (secondary N) is 1. The van der Waals surface area contributed by atoms with E-state index in [4.69, 9.17) is 0 Å². The third kappa shape index (κ3) is 2.40. The molecule has 0 aliphatic carbocycles. The van der Waals surface area contributed by atoms with Crippen LogP contribution in [0.15, 0.2) is 16.9 Å². The van der Waals surface area contributed by atoms with Crippen molar-refractivity contribution in [2.24, 2.45) is 5.10 Å². The van der Waals surface area contributed by atoms with Crippen LogP contribution in [0.2, 0.25) is 0 Å². The van der Waals surface area contributed by atoms with E-state index < -0.39 is 6.43 Å². The monoisotopic (exact) mass is 189 g/mol. The molecule has 1 heterocycles. The lowest BCUT2D eigenvalue weighted by molar-refractivity contribution is 0.0660. The molecule has 0 aromatic heterocycles. The fourth-order valence-electron chi connectivity index (χ4n) is 0.831. The molecular formula is C8H13F2N3. The lowest BCUT2D eigenvalue weighted by Gasteiger charge is -2.35. The molecule has 0 unspecified atom stereocenters. The first-order valence-electron chi connectivity index (χ1n) is 4.00. The largest absolute Gasteiger partial charge is 0.280 e. The highest BCUT2D eigenvalue weighted by Gasteiger charge is 2.24. The topological polar surface area (TPSA) is 27.6 Å². The third-order valence-corrected chi connectivity index (χ3v) is 1.54. The predicted octanol–water partition coefficient (Wildman–Crippen LogP) is 1.74. The number of allylic oxidation sites excluding steroid dienone is 2. The van der Waals surface area contributed by atoms with Gasteiger partial charge in [-0.25, -0.2) is 13.9 Å². The molecule has 13 heavy (non-hydrogen) atoms. The summed E-state index contributed by atoms with van der Waals surface area (Å²) in [6.45, 7) is 5.64. The van der Waals surface area contributed by atoms with Crippen LogP contribution in [0, 0.1) is 0 Å². The van der Waals surface area contributed by atoms with E-state index in [1.165, 1.54) is 17.4 Å². The summed E-state index contributed by atoms with van der Waals surface area (Å²) >= 11 is 0. The molecular weight excluding hydrogens is 176 g/mol. The maximum Gasteiger partial charge on any atom is 0.279 e. The first kappa shape index (κ1) is 9.95. The molecule has 0 aromatic carbocycles. The molecule has 0 saturated heterocycles. The highest BCUT2D eigenvalue weighted by molar-refractivity contribution is 5.72. The van der Waals surface area contributed by atoms with Crippen LogP contribution in [0.5, 0.6) is 0 Å². The fraction of sp³-hybridized carbons (Fsp3) is 0.625. The van der Waals surface area contributed by atoms with Gasteiger partial charge < -0.3 is 0 Å². The molecule has 0 spiro atoms. The summed E-state index contributed by atoms with van der Waals surface area (Å²) in [7, 11) is 0. The first-order chi connectivity index (χ1) is 5.91. The molecule has 0 bridgehead atoms. The number of halogens is 2. The van der Waals surface area contributed by atoms with Crippen molar-refractivity contribution in [2.45, 2.75) is 32.7 Å². The summed E-state index contributed by atoms with van der Waals surface area (Å²) in [6.07, 6.45) is 0.146. The van der Waals surface area contributed by atoms with Crippen LogP contribution in [-0.4, -0.2) is 23.3 Å². The normalized spacial score (nSPS) is 17.4. The van der Waals surface area contributed by atoms with Crippen LogP contribution in [0.25, 0.3) is 0 Å². The maximum absolute atomic E-state index is 12.3. The van der Waals surface area contributed by atoms with Crippen molar-refractivity contribution in [3.05, 3.63) is 11.8 Å². The number of nitrogens with zero attached hydrogens (tertiary/aromatic N) is 2. The maximum atomic E-state index is 12.3. The van der Waals surface area contributed by atoms with Crippen LogP contribution in [0.3, 0.4) is 0 Å². The molecule has 0 aromatic rings. The Labute approximate surface area is 76.1 Å². The second kappa shape index (κ2) is 3.32. The Kier molecular flexibility index (Phi) is 2.54. The SMILES string of the molecule is CC(C)(C)N1N=CC=C(C(F)F)N1. The van der Waals surface area contributed by atoms with Crippen molar-refractivity contribution in [3.63, 3.8) is 0 Å². The van der Waals surface area contributed by atoms with Gasteiger partial charge in [-0.15, -0.1) is 0 Å². The Morgan fingerprint density at radius 2 is 2.08 bits per heavy atom. The van der Waals surface area contributed by atoms with Crippen molar-refractivity contribution in [3.8, 4) is 0 Å². The van der Waals surface area contributed by atoms with Gasteiger partial charge in [0.1, 0.15) is 5.70 Å². The fourth-order valence-corrected chi connectivity index (χ4v) is 0.831. The number of hydrazone groups is 1. The van der Waals surface area contributed by atoms with E-state index in [0.717, 1.165) is 0 Å². The minimum absolute atomic E-state index is 0.120. The summed E-state index contributed by atoms with van der Waals surface area (Å²) < 4.78 is 24.5. The number of alkyl halides is 2. The van der Waals surface area contributed by atoms with Gasteiger partial charge in [0.15, 0.2) is 0 Å². The number of hydrogen-bond acceptors (Lipinski definition) is 3. The van der Waals surface area contributed by atoms with Crippen LogP contribution >= 0.6 is 0 Å². The zero-order valence-electron chi connectivity index (χ0n) is 7.88. The van der Waals surface area contributed by atoms with Crippen molar-refractivity contribution in [1.82, 2.24) is 10.5 Å². The smallest absolute Gasteiger partial charge is 0.279 e. The standard InChI is InChI=1S/C8H13F2N3/c1-8(2,3)13-11-5-4-6(12-13)7(9)10/h4-5,7,12H,1-3H3. The zero-order valence-corrected chi connectivity index (χ0v) is 7.88. The van der Waals surface area contributed by atoms with Crippen LogP contribution in [0.1, 0.15) is 20.8 Å². The minimum Gasteiger partial charge on any atom is -0.280 e. The molecule has 0 radical (unpaired) electrons. The van der Waals surface area contributed by atoms with E-state index in [0.29, 0.717) is 0 Å². The Morgan fingerprint density at radius 3 is 2.54 bits per heavy atom. The summed E-state index contributed by atoms with van der Waals surface area (Å²) in [6, 6.07) is 0. The molecule has 0 atom stereocenters. The summed E-state index contributed by atoms with van der Waals surface area (Å²) in [4.78, 5) is 0. The number of rotatable bonds is 1. The van der Waals surface area contributed by atoms with Crippen molar-refractivity contribution in [2.75, 3.05) is 0 Å². The summed E-state index contributed by atoms with van der Waals surface area (Å²) in [5.41, 5.74) is 2.10. The van der Waals surface area contributed by atoms with Gasteiger partial charge >= 0.3 is 0 Å².